The summed E-state index contributed by atoms with van der Waals surface area (Å²) in [5, 5.41) is 18.0. The number of aromatic hydroxyl groups is 1. The minimum Gasteiger partial charge on any atom is -0.504 e. The highest BCUT2D eigenvalue weighted by atomic mass is 16.5. The van der Waals surface area contributed by atoms with Gasteiger partial charge in [-0.25, -0.2) is 0 Å². The van der Waals surface area contributed by atoms with Crippen molar-refractivity contribution in [1.29, 1.82) is 0 Å². The van der Waals surface area contributed by atoms with Crippen molar-refractivity contribution in [2.45, 2.75) is 18.9 Å². The van der Waals surface area contributed by atoms with Gasteiger partial charge < -0.3 is 20.7 Å². The van der Waals surface area contributed by atoms with E-state index in [1.807, 2.05) is 0 Å². The second kappa shape index (κ2) is 6.55. The number of nitrogens with two attached hydrogens (primary N) is 1. The van der Waals surface area contributed by atoms with Crippen LogP contribution in [0, 0.1) is 0 Å². The summed E-state index contributed by atoms with van der Waals surface area (Å²) in [7, 11) is 0. The highest BCUT2D eigenvalue weighted by molar-refractivity contribution is 5.93. The molecule has 0 aromatic heterocycles. The molecular formula is C13H15NO5. The zero-order chi connectivity index (χ0) is 14.4. The van der Waals surface area contributed by atoms with Gasteiger partial charge in [-0.3, -0.25) is 9.59 Å². The maximum absolute atomic E-state index is 11.6. The highest BCUT2D eigenvalue weighted by Gasteiger charge is 2.16. The van der Waals surface area contributed by atoms with Crippen molar-refractivity contribution in [2.75, 3.05) is 0 Å². The summed E-state index contributed by atoms with van der Waals surface area (Å²) >= 11 is 0. The number of benzene rings is 1. The van der Waals surface area contributed by atoms with E-state index in [1.54, 1.807) is 12.1 Å². The average Bonchev–Trinajstić information content (AvgIpc) is 2.37. The molecule has 1 unspecified atom stereocenters. The van der Waals surface area contributed by atoms with Crippen molar-refractivity contribution in [1.82, 2.24) is 0 Å². The van der Waals surface area contributed by atoms with E-state index in [9.17, 15) is 14.7 Å². The van der Waals surface area contributed by atoms with Crippen LogP contribution in [-0.4, -0.2) is 28.0 Å². The maximum Gasteiger partial charge on any atom is 0.320 e. The standard InChI is InChI=1S/C13H15NO5/c1-8(10(15)7-6-9(14)13(17)18)19-12-5-3-2-4-11(12)16/h2-5,9,16H,1,6-7,14H2,(H,17,18). The van der Waals surface area contributed by atoms with E-state index in [2.05, 4.69) is 6.58 Å². The van der Waals surface area contributed by atoms with Crippen LogP contribution in [0.25, 0.3) is 0 Å². The Hall–Kier alpha value is -2.34. The molecule has 0 bridgehead atoms. The number of phenolic OH excluding ortho intramolecular Hbond substituents is 1. The molecule has 4 N–H and O–H groups in total. The van der Waals surface area contributed by atoms with Gasteiger partial charge in [0.15, 0.2) is 23.0 Å². The molecule has 6 nitrogen and oxygen atoms in total. The van der Waals surface area contributed by atoms with E-state index in [0.717, 1.165) is 0 Å². The number of ether oxygens (including phenoxy) is 1. The Morgan fingerprint density at radius 1 is 1.37 bits per heavy atom. The first-order valence-corrected chi connectivity index (χ1v) is 5.58. The lowest BCUT2D eigenvalue weighted by Gasteiger charge is -2.10. The fourth-order valence-corrected chi connectivity index (χ4v) is 1.28. The molecule has 0 radical (unpaired) electrons. The van der Waals surface area contributed by atoms with Gasteiger partial charge in [0.2, 0.25) is 0 Å². The van der Waals surface area contributed by atoms with Crippen molar-refractivity contribution in [2.24, 2.45) is 5.73 Å². The summed E-state index contributed by atoms with van der Waals surface area (Å²) in [5.41, 5.74) is 5.28. The molecule has 1 aromatic rings. The maximum atomic E-state index is 11.6. The van der Waals surface area contributed by atoms with Gasteiger partial charge in [-0.15, -0.1) is 0 Å². The van der Waals surface area contributed by atoms with Crippen LogP contribution < -0.4 is 10.5 Å². The molecule has 1 rings (SSSR count). The number of hydrogen-bond donors (Lipinski definition) is 3. The molecule has 0 aliphatic heterocycles. The van der Waals surface area contributed by atoms with Gasteiger partial charge in [0.05, 0.1) is 0 Å². The predicted molar refractivity (Wildman–Crippen MR) is 67.7 cm³/mol. The quantitative estimate of drug-likeness (QED) is 0.502. The number of carboxylic acid groups (broad SMARTS) is 1. The topological polar surface area (TPSA) is 110 Å². The second-order valence-electron chi connectivity index (χ2n) is 3.90. The van der Waals surface area contributed by atoms with Crippen molar-refractivity contribution < 1.29 is 24.5 Å². The first-order valence-electron chi connectivity index (χ1n) is 5.58. The van der Waals surface area contributed by atoms with E-state index in [-0.39, 0.29) is 30.1 Å². The van der Waals surface area contributed by atoms with Crippen LogP contribution in [0.4, 0.5) is 0 Å². The second-order valence-corrected chi connectivity index (χ2v) is 3.90. The molecule has 0 aliphatic rings. The van der Waals surface area contributed by atoms with Gasteiger partial charge in [0.1, 0.15) is 6.04 Å². The monoisotopic (exact) mass is 265 g/mol. The Labute approximate surface area is 110 Å². The van der Waals surface area contributed by atoms with Crippen molar-refractivity contribution in [3.63, 3.8) is 0 Å². The van der Waals surface area contributed by atoms with Crippen molar-refractivity contribution >= 4 is 11.8 Å². The van der Waals surface area contributed by atoms with Gasteiger partial charge in [-0.2, -0.15) is 0 Å². The van der Waals surface area contributed by atoms with Crippen LogP contribution in [-0.2, 0) is 9.59 Å². The van der Waals surface area contributed by atoms with Gasteiger partial charge in [-0.05, 0) is 18.6 Å². The number of carbonyl (C=O) groups excluding carboxylic acids is 1. The fraction of sp³-hybridized carbons (Fsp3) is 0.231. The highest BCUT2D eigenvalue weighted by Crippen LogP contribution is 2.26. The fourth-order valence-electron chi connectivity index (χ4n) is 1.28. The molecular weight excluding hydrogens is 250 g/mol. The summed E-state index contributed by atoms with van der Waals surface area (Å²) in [5.74, 6) is -1.79. The third kappa shape index (κ3) is 4.44. The number of rotatable bonds is 7. The van der Waals surface area contributed by atoms with Gasteiger partial charge in [-0.1, -0.05) is 18.7 Å². The number of para-hydroxylation sites is 2. The molecule has 102 valence electrons. The molecule has 0 saturated carbocycles. The largest absolute Gasteiger partial charge is 0.504 e. The summed E-state index contributed by atoms with van der Waals surface area (Å²) < 4.78 is 5.12. The van der Waals surface area contributed by atoms with Crippen LogP contribution in [0.3, 0.4) is 0 Å². The summed E-state index contributed by atoms with van der Waals surface area (Å²) in [6.45, 7) is 3.44. The molecule has 6 heteroatoms. The zero-order valence-electron chi connectivity index (χ0n) is 10.2. The first-order chi connectivity index (χ1) is 8.91. The Balaban J connectivity index is 2.52. The van der Waals surface area contributed by atoms with E-state index < -0.39 is 17.8 Å². The third-order valence-electron chi connectivity index (χ3n) is 2.41. The molecule has 1 aromatic carbocycles. The number of carbonyl (C=O) groups is 2. The zero-order valence-corrected chi connectivity index (χ0v) is 10.2. The first kappa shape index (κ1) is 14.7. The van der Waals surface area contributed by atoms with Crippen LogP contribution >= 0.6 is 0 Å². The number of carboxylic acids is 1. The van der Waals surface area contributed by atoms with Crippen molar-refractivity contribution in [3.8, 4) is 11.5 Å². The van der Waals surface area contributed by atoms with E-state index >= 15 is 0 Å². The smallest absolute Gasteiger partial charge is 0.320 e. The molecule has 0 fully saturated rings. The van der Waals surface area contributed by atoms with Crippen LogP contribution in [0.15, 0.2) is 36.6 Å². The van der Waals surface area contributed by atoms with E-state index in [0.29, 0.717) is 0 Å². The van der Waals surface area contributed by atoms with Gasteiger partial charge in [0.25, 0.3) is 0 Å². The molecule has 0 aliphatic carbocycles. The van der Waals surface area contributed by atoms with Gasteiger partial charge in [0, 0.05) is 6.42 Å². The van der Waals surface area contributed by atoms with Crippen LogP contribution in [0.1, 0.15) is 12.8 Å². The molecule has 0 heterocycles. The van der Waals surface area contributed by atoms with Gasteiger partial charge >= 0.3 is 5.97 Å². The lowest BCUT2D eigenvalue weighted by atomic mass is 10.1. The van der Waals surface area contributed by atoms with E-state index in [1.165, 1.54) is 12.1 Å². The molecule has 0 amide bonds. The summed E-state index contributed by atoms with van der Waals surface area (Å²) in [6.07, 6.45) is -0.0861. The van der Waals surface area contributed by atoms with Crippen LogP contribution in [0.2, 0.25) is 0 Å². The number of aliphatic carboxylic acids is 1. The molecule has 1 atom stereocenters. The number of hydrogen-bond acceptors (Lipinski definition) is 5. The predicted octanol–water partition coefficient (Wildman–Crippen LogP) is 1.05. The lowest BCUT2D eigenvalue weighted by Crippen LogP contribution is -2.30. The van der Waals surface area contributed by atoms with Crippen LogP contribution in [0.5, 0.6) is 11.5 Å². The summed E-state index contributed by atoms with van der Waals surface area (Å²) in [6, 6.07) is 5.04. The Morgan fingerprint density at radius 2 is 2.00 bits per heavy atom. The molecule has 0 spiro atoms. The molecule has 0 saturated heterocycles. The number of allylic oxidation sites excluding steroid dienone is 1. The number of phenols is 1. The number of ketones is 1. The SMILES string of the molecule is C=C(Oc1ccccc1O)C(=O)CCC(N)C(=O)O. The molecule has 19 heavy (non-hydrogen) atoms. The number of Topliss-reactive ketones (excluding diaryl/α,β-unsaturated/α-hetero) is 1. The van der Waals surface area contributed by atoms with Crippen molar-refractivity contribution in [3.05, 3.63) is 36.6 Å². The minimum atomic E-state index is -1.17. The lowest BCUT2D eigenvalue weighted by molar-refractivity contribution is -0.138. The summed E-state index contributed by atoms with van der Waals surface area (Å²) in [4.78, 5) is 22.1. The Bertz CT molecular complexity index is 498. The average molecular weight is 265 g/mol. The van der Waals surface area contributed by atoms with E-state index in [4.69, 9.17) is 15.6 Å². The third-order valence-corrected chi connectivity index (χ3v) is 2.41. The normalized spacial score (nSPS) is 11.6. The Morgan fingerprint density at radius 3 is 2.58 bits per heavy atom. The minimum absolute atomic E-state index is 0.00266. The Kier molecular flexibility index (Phi) is 5.08.